The highest BCUT2D eigenvalue weighted by Crippen LogP contribution is 2.16. The Morgan fingerprint density at radius 3 is 2.50 bits per heavy atom. The molecule has 16 heavy (non-hydrogen) atoms. The van der Waals surface area contributed by atoms with Gasteiger partial charge in [0.25, 0.3) is 0 Å². The molecule has 0 spiro atoms. The van der Waals surface area contributed by atoms with Gasteiger partial charge in [0.1, 0.15) is 11.6 Å². The fourth-order valence-corrected chi connectivity index (χ4v) is 1.34. The normalized spacial score (nSPS) is 14.2. The topological polar surface area (TPSA) is 102 Å². The number of hydrazine groups is 1. The van der Waals surface area contributed by atoms with Crippen molar-refractivity contribution in [3.05, 3.63) is 6.07 Å². The van der Waals surface area contributed by atoms with Crippen molar-refractivity contribution in [2.24, 2.45) is 11.8 Å². The summed E-state index contributed by atoms with van der Waals surface area (Å²) in [5.74, 6) is 7.24. The minimum Gasteiger partial charge on any atom is -0.368 e. The number of aromatic nitrogens is 2. The van der Waals surface area contributed by atoms with E-state index in [0.29, 0.717) is 23.6 Å². The molecule has 0 aliphatic carbocycles. The van der Waals surface area contributed by atoms with Gasteiger partial charge in [0.2, 0.25) is 5.95 Å². The monoisotopic (exact) mass is 224 g/mol. The summed E-state index contributed by atoms with van der Waals surface area (Å²) in [5, 5.41) is 3.28. The van der Waals surface area contributed by atoms with Crippen molar-refractivity contribution in [3.63, 3.8) is 0 Å². The highest BCUT2D eigenvalue weighted by atomic mass is 15.3. The summed E-state index contributed by atoms with van der Waals surface area (Å²) < 4.78 is 0. The predicted octanol–water partition coefficient (Wildman–Crippen LogP) is 1.19. The Labute approximate surface area is 95.8 Å². The van der Waals surface area contributed by atoms with E-state index in [4.69, 9.17) is 11.6 Å². The summed E-state index contributed by atoms with van der Waals surface area (Å²) >= 11 is 0. The summed E-state index contributed by atoms with van der Waals surface area (Å²) in [6.07, 6.45) is 1.11. The second kappa shape index (κ2) is 5.50. The van der Waals surface area contributed by atoms with Gasteiger partial charge >= 0.3 is 0 Å². The molecule has 1 rings (SSSR count). The molecule has 0 aliphatic heterocycles. The van der Waals surface area contributed by atoms with E-state index in [-0.39, 0.29) is 5.95 Å². The van der Waals surface area contributed by atoms with E-state index in [0.717, 1.165) is 6.42 Å². The number of nitrogens with one attached hydrogen (secondary N) is 2. The highest BCUT2D eigenvalue weighted by Gasteiger charge is 2.11. The van der Waals surface area contributed by atoms with E-state index in [1.807, 2.05) is 0 Å². The fourth-order valence-electron chi connectivity index (χ4n) is 1.34. The molecule has 90 valence electrons. The predicted molar refractivity (Wildman–Crippen MR) is 66.8 cm³/mol. The van der Waals surface area contributed by atoms with Crippen LogP contribution in [0.4, 0.5) is 17.6 Å². The zero-order valence-corrected chi connectivity index (χ0v) is 9.99. The Balaban J connectivity index is 2.76. The molecule has 1 aromatic rings. The highest BCUT2D eigenvalue weighted by molar-refractivity contribution is 5.50. The minimum absolute atomic E-state index is 0.203. The SMILES string of the molecule is CCC(C)C(C)Nc1cc(NN)nc(N)n1. The van der Waals surface area contributed by atoms with E-state index in [9.17, 15) is 0 Å². The van der Waals surface area contributed by atoms with Crippen LogP contribution in [-0.2, 0) is 0 Å². The van der Waals surface area contributed by atoms with Crippen LogP contribution in [0.3, 0.4) is 0 Å². The number of rotatable bonds is 5. The van der Waals surface area contributed by atoms with Crippen LogP contribution in [0.15, 0.2) is 6.07 Å². The molecule has 0 aromatic carbocycles. The van der Waals surface area contributed by atoms with Gasteiger partial charge in [-0.3, -0.25) is 0 Å². The van der Waals surface area contributed by atoms with Crippen molar-refractivity contribution in [2.45, 2.75) is 33.2 Å². The lowest BCUT2D eigenvalue weighted by Gasteiger charge is -2.20. The zero-order valence-electron chi connectivity index (χ0n) is 9.99. The Hall–Kier alpha value is -1.56. The number of hydrogen-bond donors (Lipinski definition) is 4. The number of nitrogens with two attached hydrogens (primary N) is 2. The lowest BCUT2D eigenvalue weighted by atomic mass is 10.0. The summed E-state index contributed by atoms with van der Waals surface area (Å²) in [5.41, 5.74) is 8.02. The third-order valence-corrected chi connectivity index (χ3v) is 2.76. The molecular weight excluding hydrogens is 204 g/mol. The summed E-state index contributed by atoms with van der Waals surface area (Å²) in [6, 6.07) is 2.06. The van der Waals surface area contributed by atoms with Crippen LogP contribution in [0.1, 0.15) is 27.2 Å². The van der Waals surface area contributed by atoms with Crippen molar-refractivity contribution in [3.8, 4) is 0 Å². The Morgan fingerprint density at radius 1 is 1.31 bits per heavy atom. The molecule has 1 aromatic heterocycles. The average molecular weight is 224 g/mol. The quantitative estimate of drug-likeness (QED) is 0.442. The van der Waals surface area contributed by atoms with Crippen LogP contribution in [0.2, 0.25) is 0 Å². The van der Waals surface area contributed by atoms with Crippen molar-refractivity contribution < 1.29 is 0 Å². The molecule has 0 aliphatic rings. The molecule has 2 atom stereocenters. The number of nitrogens with zero attached hydrogens (tertiary/aromatic N) is 2. The first-order chi connectivity index (χ1) is 7.56. The van der Waals surface area contributed by atoms with Crippen LogP contribution in [0.25, 0.3) is 0 Å². The Morgan fingerprint density at radius 2 is 1.94 bits per heavy atom. The molecule has 0 bridgehead atoms. The second-order valence-electron chi connectivity index (χ2n) is 3.96. The van der Waals surface area contributed by atoms with Crippen LogP contribution in [-0.4, -0.2) is 16.0 Å². The van der Waals surface area contributed by atoms with Crippen LogP contribution in [0, 0.1) is 5.92 Å². The van der Waals surface area contributed by atoms with E-state index >= 15 is 0 Å². The van der Waals surface area contributed by atoms with E-state index < -0.39 is 0 Å². The van der Waals surface area contributed by atoms with E-state index in [1.54, 1.807) is 6.07 Å². The first kappa shape index (κ1) is 12.5. The smallest absolute Gasteiger partial charge is 0.223 e. The minimum atomic E-state index is 0.203. The molecule has 0 radical (unpaired) electrons. The lowest BCUT2D eigenvalue weighted by molar-refractivity contribution is 0.493. The van der Waals surface area contributed by atoms with Gasteiger partial charge < -0.3 is 16.5 Å². The second-order valence-corrected chi connectivity index (χ2v) is 3.96. The zero-order chi connectivity index (χ0) is 12.1. The first-order valence-electron chi connectivity index (χ1n) is 5.44. The van der Waals surface area contributed by atoms with Gasteiger partial charge in [-0.15, -0.1) is 0 Å². The van der Waals surface area contributed by atoms with Crippen molar-refractivity contribution >= 4 is 17.6 Å². The molecule has 6 nitrogen and oxygen atoms in total. The molecule has 0 saturated heterocycles. The van der Waals surface area contributed by atoms with Gasteiger partial charge in [-0.25, -0.2) is 5.84 Å². The average Bonchev–Trinajstić information content (AvgIpc) is 2.26. The maximum absolute atomic E-state index is 5.56. The standard InChI is InChI=1S/C10H20N6/c1-4-6(2)7(3)13-8-5-9(16-12)15-10(11)14-8/h5-7H,4,12H2,1-3H3,(H4,11,13,14,15,16). The van der Waals surface area contributed by atoms with Crippen molar-refractivity contribution in [1.82, 2.24) is 9.97 Å². The molecule has 0 amide bonds. The number of nitrogen functional groups attached to an aromatic ring is 2. The van der Waals surface area contributed by atoms with Crippen LogP contribution in [0.5, 0.6) is 0 Å². The molecule has 2 unspecified atom stereocenters. The maximum atomic E-state index is 5.56. The summed E-state index contributed by atoms with van der Waals surface area (Å²) in [7, 11) is 0. The number of anilines is 3. The van der Waals surface area contributed by atoms with Gasteiger partial charge in [-0.1, -0.05) is 20.3 Å². The molecular formula is C10H20N6. The third kappa shape index (κ3) is 3.23. The van der Waals surface area contributed by atoms with Crippen LogP contribution >= 0.6 is 0 Å². The van der Waals surface area contributed by atoms with Gasteiger partial charge in [0.15, 0.2) is 0 Å². The molecule has 6 heteroatoms. The lowest BCUT2D eigenvalue weighted by Crippen LogP contribution is -2.24. The Kier molecular flexibility index (Phi) is 4.30. The largest absolute Gasteiger partial charge is 0.368 e. The Bertz CT molecular complexity index is 340. The maximum Gasteiger partial charge on any atom is 0.223 e. The molecule has 6 N–H and O–H groups in total. The molecule has 0 saturated carbocycles. The van der Waals surface area contributed by atoms with Gasteiger partial charge in [0, 0.05) is 12.1 Å². The number of hydrogen-bond acceptors (Lipinski definition) is 6. The third-order valence-electron chi connectivity index (χ3n) is 2.76. The summed E-state index contributed by atoms with van der Waals surface area (Å²) in [4.78, 5) is 8.01. The van der Waals surface area contributed by atoms with Crippen molar-refractivity contribution in [2.75, 3.05) is 16.5 Å². The van der Waals surface area contributed by atoms with Crippen LogP contribution < -0.4 is 22.3 Å². The van der Waals surface area contributed by atoms with Gasteiger partial charge in [-0.05, 0) is 12.8 Å². The van der Waals surface area contributed by atoms with E-state index in [1.165, 1.54) is 0 Å². The summed E-state index contributed by atoms with van der Waals surface area (Å²) in [6.45, 7) is 6.45. The van der Waals surface area contributed by atoms with E-state index in [2.05, 4.69) is 41.5 Å². The molecule has 0 fully saturated rings. The van der Waals surface area contributed by atoms with Crippen molar-refractivity contribution in [1.29, 1.82) is 0 Å². The van der Waals surface area contributed by atoms with Gasteiger partial charge in [0.05, 0.1) is 0 Å². The molecule has 1 heterocycles. The fraction of sp³-hybridized carbons (Fsp3) is 0.600. The first-order valence-corrected chi connectivity index (χ1v) is 5.44. The van der Waals surface area contributed by atoms with Gasteiger partial charge in [-0.2, -0.15) is 9.97 Å².